The van der Waals surface area contributed by atoms with Crippen molar-refractivity contribution >= 4 is 34.3 Å². The van der Waals surface area contributed by atoms with Gasteiger partial charge in [0, 0.05) is 67.5 Å². The monoisotopic (exact) mass is 483 g/mol. The molecule has 0 spiro atoms. The molecule has 0 saturated carbocycles. The zero-order valence-electron chi connectivity index (χ0n) is 20.7. The number of piperazine rings is 1. The maximum atomic E-state index is 12.5. The molecule has 2 aliphatic rings. The van der Waals surface area contributed by atoms with Gasteiger partial charge in [-0.1, -0.05) is 6.07 Å². The Morgan fingerprint density at radius 3 is 2.72 bits per heavy atom. The number of Topliss-reactive ketones (excluding diaryl/α,β-unsaturated/α-hetero) is 1. The fourth-order valence-corrected chi connectivity index (χ4v) is 4.86. The van der Waals surface area contributed by atoms with Gasteiger partial charge < -0.3 is 24.8 Å². The summed E-state index contributed by atoms with van der Waals surface area (Å²) in [4.78, 5) is 34.2. The van der Waals surface area contributed by atoms with Crippen LogP contribution in [0.2, 0.25) is 0 Å². The Labute approximate surface area is 209 Å². The third kappa shape index (κ3) is 4.26. The lowest BCUT2D eigenvalue weighted by Gasteiger charge is -2.33. The largest absolute Gasteiger partial charge is 0.487 e. The fraction of sp³-hybridized carbons (Fsp3) is 0.333. The SMILES string of the molecule is CN1CCN(c2cc(Nc3ncc4c(-c5ccc6c(c5)OC(C)(C)CC6=O)c[nH]c4n3)ccn2)CC1. The second-order valence-electron chi connectivity index (χ2n) is 10.1. The van der Waals surface area contributed by atoms with Crippen LogP contribution in [0.25, 0.3) is 22.2 Å². The maximum absolute atomic E-state index is 12.5. The molecular formula is C27H29N7O2. The van der Waals surface area contributed by atoms with Gasteiger partial charge in [0.05, 0.1) is 12.0 Å². The van der Waals surface area contributed by atoms with E-state index in [1.54, 1.807) is 0 Å². The molecule has 1 saturated heterocycles. The molecule has 0 amide bonds. The predicted molar refractivity (Wildman–Crippen MR) is 140 cm³/mol. The van der Waals surface area contributed by atoms with E-state index in [1.165, 1.54) is 0 Å². The molecule has 0 atom stereocenters. The third-order valence-corrected chi connectivity index (χ3v) is 6.83. The van der Waals surface area contributed by atoms with E-state index in [1.807, 2.05) is 62.8 Å². The number of benzene rings is 1. The van der Waals surface area contributed by atoms with E-state index in [4.69, 9.17) is 4.74 Å². The highest BCUT2D eigenvalue weighted by Crippen LogP contribution is 2.37. The van der Waals surface area contributed by atoms with E-state index in [9.17, 15) is 4.79 Å². The number of nitrogens with one attached hydrogen (secondary N) is 2. The summed E-state index contributed by atoms with van der Waals surface area (Å²) in [6.07, 6.45) is 5.92. The zero-order chi connectivity index (χ0) is 24.9. The van der Waals surface area contributed by atoms with Crippen molar-refractivity contribution in [1.82, 2.24) is 24.8 Å². The standard InChI is InChI=1S/C27H29N7O2/c1-27(2)14-22(35)19-5-4-17(12-23(19)36-27)20-15-29-25-21(20)16-30-26(32-25)31-18-6-7-28-24(13-18)34-10-8-33(3)9-11-34/h4-7,12-13,15-16H,8-11,14H2,1-3H3,(H2,28,29,30,31,32). The van der Waals surface area contributed by atoms with E-state index in [-0.39, 0.29) is 5.78 Å². The summed E-state index contributed by atoms with van der Waals surface area (Å²) in [5, 5.41) is 4.21. The molecule has 6 rings (SSSR count). The number of fused-ring (bicyclic) bond motifs is 2. The van der Waals surface area contributed by atoms with Crippen LogP contribution in [-0.2, 0) is 0 Å². The highest BCUT2D eigenvalue weighted by atomic mass is 16.5. The first-order valence-electron chi connectivity index (χ1n) is 12.2. The van der Waals surface area contributed by atoms with Gasteiger partial charge in [-0.3, -0.25) is 4.79 Å². The van der Waals surface area contributed by atoms with Crippen LogP contribution in [0, 0.1) is 0 Å². The van der Waals surface area contributed by atoms with Gasteiger partial charge in [0.1, 0.15) is 22.8 Å². The summed E-state index contributed by atoms with van der Waals surface area (Å²) in [7, 11) is 2.14. The molecule has 2 N–H and O–H groups in total. The Morgan fingerprint density at radius 1 is 1.06 bits per heavy atom. The molecule has 9 nitrogen and oxygen atoms in total. The highest BCUT2D eigenvalue weighted by Gasteiger charge is 2.32. The number of ether oxygens (including phenoxy) is 1. The number of ketones is 1. The summed E-state index contributed by atoms with van der Waals surface area (Å²) in [6.45, 7) is 7.84. The quantitative estimate of drug-likeness (QED) is 0.444. The summed E-state index contributed by atoms with van der Waals surface area (Å²) < 4.78 is 6.10. The first kappa shape index (κ1) is 22.5. The van der Waals surface area contributed by atoms with Crippen molar-refractivity contribution in [1.29, 1.82) is 0 Å². The molecule has 0 unspecified atom stereocenters. The van der Waals surface area contributed by atoms with Crippen molar-refractivity contribution in [2.75, 3.05) is 43.4 Å². The number of aromatic nitrogens is 4. The van der Waals surface area contributed by atoms with Crippen LogP contribution in [0.5, 0.6) is 5.75 Å². The number of nitrogens with zero attached hydrogens (tertiary/aromatic N) is 5. The minimum atomic E-state index is -0.510. The Bertz CT molecular complexity index is 1450. The molecule has 1 fully saturated rings. The maximum Gasteiger partial charge on any atom is 0.229 e. The van der Waals surface area contributed by atoms with Crippen molar-refractivity contribution in [3.63, 3.8) is 0 Å². The van der Waals surface area contributed by atoms with Gasteiger partial charge >= 0.3 is 0 Å². The minimum Gasteiger partial charge on any atom is -0.487 e. The Kier molecular flexibility index (Phi) is 5.37. The topological polar surface area (TPSA) is 99.3 Å². The van der Waals surface area contributed by atoms with Crippen molar-refractivity contribution in [3.8, 4) is 16.9 Å². The lowest BCUT2D eigenvalue weighted by atomic mass is 9.91. The van der Waals surface area contributed by atoms with E-state index in [2.05, 4.69) is 42.1 Å². The van der Waals surface area contributed by atoms with Crippen LogP contribution in [0.4, 0.5) is 17.5 Å². The summed E-state index contributed by atoms with van der Waals surface area (Å²) >= 11 is 0. The van der Waals surface area contributed by atoms with Crippen LogP contribution in [0.15, 0.2) is 48.9 Å². The lowest BCUT2D eigenvalue weighted by Crippen LogP contribution is -2.44. The average Bonchev–Trinajstić information content (AvgIpc) is 3.27. The molecule has 0 aliphatic carbocycles. The molecule has 3 aromatic heterocycles. The fourth-order valence-electron chi connectivity index (χ4n) is 4.86. The number of H-pyrrole nitrogens is 1. The zero-order valence-corrected chi connectivity index (χ0v) is 20.7. The Morgan fingerprint density at radius 2 is 1.89 bits per heavy atom. The number of aromatic amines is 1. The molecule has 0 bridgehead atoms. The summed E-state index contributed by atoms with van der Waals surface area (Å²) in [5.74, 6) is 2.19. The van der Waals surface area contributed by atoms with Crippen molar-refractivity contribution in [2.24, 2.45) is 0 Å². The van der Waals surface area contributed by atoms with Crippen molar-refractivity contribution in [2.45, 2.75) is 25.9 Å². The first-order valence-corrected chi connectivity index (χ1v) is 12.2. The number of likely N-dealkylation sites (N-methyl/N-ethyl adjacent to an activating group) is 1. The number of anilines is 3. The molecule has 0 radical (unpaired) electrons. The third-order valence-electron chi connectivity index (χ3n) is 6.83. The van der Waals surface area contributed by atoms with Crippen LogP contribution in [0.1, 0.15) is 30.6 Å². The van der Waals surface area contributed by atoms with E-state index < -0.39 is 5.60 Å². The van der Waals surface area contributed by atoms with E-state index >= 15 is 0 Å². The second kappa shape index (κ2) is 8.60. The normalized spacial score (nSPS) is 17.6. The van der Waals surface area contributed by atoms with Crippen LogP contribution in [0.3, 0.4) is 0 Å². The van der Waals surface area contributed by atoms with Gasteiger partial charge in [0.25, 0.3) is 0 Å². The molecule has 2 aliphatic heterocycles. The summed E-state index contributed by atoms with van der Waals surface area (Å²) in [6, 6.07) is 9.68. The van der Waals surface area contributed by atoms with E-state index in [0.717, 1.165) is 59.8 Å². The molecule has 9 heteroatoms. The molecule has 1 aromatic carbocycles. The smallest absolute Gasteiger partial charge is 0.229 e. The molecular weight excluding hydrogens is 454 g/mol. The first-order chi connectivity index (χ1) is 17.3. The molecule has 5 heterocycles. The van der Waals surface area contributed by atoms with Crippen LogP contribution in [-0.4, -0.2) is 69.4 Å². The number of rotatable bonds is 4. The predicted octanol–water partition coefficient (Wildman–Crippen LogP) is 4.26. The van der Waals surface area contributed by atoms with Gasteiger partial charge in [-0.05, 0) is 44.7 Å². The lowest BCUT2D eigenvalue weighted by molar-refractivity contribution is 0.0620. The van der Waals surface area contributed by atoms with Gasteiger partial charge in [-0.25, -0.2) is 9.97 Å². The van der Waals surface area contributed by atoms with Gasteiger partial charge in [-0.2, -0.15) is 4.98 Å². The van der Waals surface area contributed by atoms with Crippen LogP contribution >= 0.6 is 0 Å². The number of carbonyl (C=O) groups excluding carboxylic acids is 1. The number of carbonyl (C=O) groups is 1. The number of hydrogen-bond donors (Lipinski definition) is 2. The number of hydrogen-bond acceptors (Lipinski definition) is 8. The Hall–Kier alpha value is -3.98. The van der Waals surface area contributed by atoms with Crippen molar-refractivity contribution < 1.29 is 9.53 Å². The van der Waals surface area contributed by atoms with Crippen molar-refractivity contribution in [3.05, 3.63) is 54.5 Å². The molecule has 4 aromatic rings. The average molecular weight is 484 g/mol. The van der Waals surface area contributed by atoms with Gasteiger partial charge in [-0.15, -0.1) is 0 Å². The Balaban J connectivity index is 1.25. The second-order valence-corrected chi connectivity index (χ2v) is 10.1. The van der Waals surface area contributed by atoms with Gasteiger partial charge in [0.15, 0.2) is 5.78 Å². The number of pyridine rings is 1. The molecule has 36 heavy (non-hydrogen) atoms. The van der Waals surface area contributed by atoms with E-state index in [0.29, 0.717) is 23.7 Å². The minimum absolute atomic E-state index is 0.109. The molecule has 184 valence electrons. The summed E-state index contributed by atoms with van der Waals surface area (Å²) in [5.41, 5.74) is 3.65. The van der Waals surface area contributed by atoms with Crippen LogP contribution < -0.4 is 15.0 Å². The highest BCUT2D eigenvalue weighted by molar-refractivity contribution is 6.02. The van der Waals surface area contributed by atoms with Gasteiger partial charge in [0.2, 0.25) is 5.95 Å².